The second kappa shape index (κ2) is 6.05. The van der Waals surface area contributed by atoms with E-state index >= 15 is 0 Å². The van der Waals surface area contributed by atoms with Gasteiger partial charge in [0, 0.05) is 0 Å². The summed E-state index contributed by atoms with van der Waals surface area (Å²) in [5, 5.41) is 0. The van der Waals surface area contributed by atoms with E-state index in [0.29, 0.717) is 6.61 Å². The fraction of sp³-hybridized carbons (Fsp3) is 0.933. The van der Waals surface area contributed by atoms with E-state index in [9.17, 15) is 4.79 Å². The van der Waals surface area contributed by atoms with E-state index in [1.807, 2.05) is 13.8 Å². The van der Waals surface area contributed by atoms with Crippen molar-refractivity contribution in [2.24, 2.45) is 5.92 Å². The molecule has 3 heteroatoms. The maximum absolute atomic E-state index is 11.8. The van der Waals surface area contributed by atoms with Gasteiger partial charge in [0.2, 0.25) is 0 Å². The van der Waals surface area contributed by atoms with Gasteiger partial charge in [-0.2, -0.15) is 0 Å². The Bertz CT molecular complexity index is 275. The molecule has 1 atom stereocenters. The minimum absolute atomic E-state index is 0.0444. The predicted octanol–water partition coefficient (Wildman–Crippen LogP) is 3.46. The molecule has 2 fully saturated rings. The maximum atomic E-state index is 11.8. The molecule has 0 N–H and O–H groups in total. The highest BCUT2D eigenvalue weighted by atomic mass is 16.6. The van der Waals surface area contributed by atoms with Gasteiger partial charge in [-0.3, -0.25) is 0 Å². The fourth-order valence-electron chi connectivity index (χ4n) is 2.92. The molecule has 0 bridgehead atoms. The lowest BCUT2D eigenvalue weighted by atomic mass is 9.96. The van der Waals surface area contributed by atoms with E-state index in [2.05, 4.69) is 0 Å². The molecule has 2 aliphatic rings. The van der Waals surface area contributed by atoms with Crippen molar-refractivity contribution < 1.29 is 14.3 Å². The number of unbranched alkanes of at least 4 members (excludes halogenated alkanes) is 1. The quantitative estimate of drug-likeness (QED) is 0.397. The molecule has 0 aromatic carbocycles. The summed E-state index contributed by atoms with van der Waals surface area (Å²) in [6, 6.07) is 0. The molecule has 1 aliphatic heterocycles. The van der Waals surface area contributed by atoms with Gasteiger partial charge < -0.3 is 9.47 Å². The first kappa shape index (κ1) is 13.9. The Labute approximate surface area is 110 Å². The zero-order chi connectivity index (χ0) is 13.0. The Balaban J connectivity index is 1.61. The Hall–Kier alpha value is -0.570. The molecule has 0 spiro atoms. The average molecular weight is 254 g/mol. The van der Waals surface area contributed by atoms with Gasteiger partial charge >= 0.3 is 5.97 Å². The second-order valence-electron chi connectivity index (χ2n) is 6.13. The summed E-state index contributed by atoms with van der Waals surface area (Å²) in [4.78, 5) is 11.8. The number of hydrogen-bond acceptors (Lipinski definition) is 3. The summed E-state index contributed by atoms with van der Waals surface area (Å²) < 4.78 is 10.6. The van der Waals surface area contributed by atoms with Crippen LogP contribution < -0.4 is 0 Å². The van der Waals surface area contributed by atoms with Gasteiger partial charge in [0.05, 0.1) is 12.7 Å². The Kier molecular flexibility index (Phi) is 4.66. The van der Waals surface area contributed by atoms with Crippen LogP contribution in [0.1, 0.15) is 65.2 Å². The summed E-state index contributed by atoms with van der Waals surface area (Å²) in [6.07, 6.45) is 10.1. The molecule has 18 heavy (non-hydrogen) atoms. The van der Waals surface area contributed by atoms with Gasteiger partial charge in [0.25, 0.3) is 0 Å². The molecule has 0 radical (unpaired) electrons. The minimum atomic E-state index is -0.569. The molecule has 1 saturated heterocycles. The maximum Gasteiger partial charge on any atom is 0.341 e. The number of esters is 1. The van der Waals surface area contributed by atoms with Crippen LogP contribution in [-0.4, -0.2) is 24.3 Å². The van der Waals surface area contributed by atoms with Crippen LogP contribution in [0.25, 0.3) is 0 Å². The van der Waals surface area contributed by atoms with Crippen LogP contribution in [0.3, 0.4) is 0 Å². The minimum Gasteiger partial charge on any atom is -0.461 e. The van der Waals surface area contributed by atoms with Gasteiger partial charge in [0.1, 0.15) is 0 Å². The Morgan fingerprint density at radius 3 is 2.56 bits per heavy atom. The number of carbonyl (C=O) groups excluding carboxylic acids is 1. The molecule has 1 aliphatic carbocycles. The molecule has 1 unspecified atom stereocenters. The third-order valence-corrected chi connectivity index (χ3v) is 4.13. The van der Waals surface area contributed by atoms with Crippen LogP contribution >= 0.6 is 0 Å². The zero-order valence-electron chi connectivity index (χ0n) is 11.7. The summed E-state index contributed by atoms with van der Waals surface area (Å²) in [5.74, 6) is 0.794. The highest BCUT2D eigenvalue weighted by Gasteiger charge is 2.53. The molecule has 104 valence electrons. The number of carbonyl (C=O) groups is 1. The summed E-state index contributed by atoms with van der Waals surface area (Å²) >= 11 is 0. The topological polar surface area (TPSA) is 38.8 Å². The van der Waals surface area contributed by atoms with Gasteiger partial charge in [-0.25, -0.2) is 4.79 Å². The van der Waals surface area contributed by atoms with Crippen molar-refractivity contribution in [3.63, 3.8) is 0 Å². The van der Waals surface area contributed by atoms with Crippen LogP contribution in [-0.2, 0) is 14.3 Å². The number of rotatable bonds is 7. The molecule has 3 nitrogen and oxygen atoms in total. The SMILES string of the molecule is CC(C)OC(=O)C1(CCCCC2CCCC2)CO1. The zero-order valence-corrected chi connectivity index (χ0v) is 11.7. The van der Waals surface area contributed by atoms with E-state index in [1.165, 1.54) is 38.5 Å². The monoisotopic (exact) mass is 254 g/mol. The standard InChI is InChI=1S/C15H26O3/c1-12(2)18-14(16)15(11-17-15)10-6-5-9-13-7-3-4-8-13/h12-13H,3-11H2,1-2H3. The van der Waals surface area contributed by atoms with E-state index in [-0.39, 0.29) is 12.1 Å². The van der Waals surface area contributed by atoms with Crippen molar-refractivity contribution in [3.05, 3.63) is 0 Å². The Morgan fingerprint density at radius 1 is 1.33 bits per heavy atom. The highest BCUT2D eigenvalue weighted by Crippen LogP contribution is 2.36. The second-order valence-corrected chi connectivity index (χ2v) is 6.13. The summed E-state index contributed by atoms with van der Waals surface area (Å²) in [7, 11) is 0. The summed E-state index contributed by atoms with van der Waals surface area (Å²) in [6.45, 7) is 4.32. The third-order valence-electron chi connectivity index (χ3n) is 4.13. The first-order chi connectivity index (χ1) is 8.62. The van der Waals surface area contributed by atoms with E-state index in [1.54, 1.807) is 0 Å². The lowest BCUT2D eigenvalue weighted by Gasteiger charge is -2.14. The lowest BCUT2D eigenvalue weighted by molar-refractivity contribution is -0.154. The molecule has 0 aromatic heterocycles. The van der Waals surface area contributed by atoms with Crippen molar-refractivity contribution in [2.75, 3.05) is 6.61 Å². The van der Waals surface area contributed by atoms with E-state index in [4.69, 9.17) is 9.47 Å². The first-order valence-electron chi connectivity index (χ1n) is 7.47. The van der Waals surface area contributed by atoms with Gasteiger partial charge in [-0.15, -0.1) is 0 Å². The van der Waals surface area contributed by atoms with Crippen LogP contribution in [0.15, 0.2) is 0 Å². The van der Waals surface area contributed by atoms with Crippen molar-refractivity contribution in [2.45, 2.75) is 76.9 Å². The van der Waals surface area contributed by atoms with E-state index < -0.39 is 5.60 Å². The molecule has 0 aromatic rings. The average Bonchev–Trinajstić information content (AvgIpc) is 2.93. The third kappa shape index (κ3) is 3.71. The molecule has 1 heterocycles. The lowest BCUT2D eigenvalue weighted by Crippen LogP contribution is -2.29. The normalized spacial score (nSPS) is 27.7. The van der Waals surface area contributed by atoms with Crippen molar-refractivity contribution in [1.82, 2.24) is 0 Å². The molecule has 0 amide bonds. The predicted molar refractivity (Wildman–Crippen MR) is 70.3 cm³/mol. The Morgan fingerprint density at radius 2 is 2.00 bits per heavy atom. The van der Waals surface area contributed by atoms with Crippen molar-refractivity contribution >= 4 is 5.97 Å². The van der Waals surface area contributed by atoms with Crippen molar-refractivity contribution in [3.8, 4) is 0 Å². The van der Waals surface area contributed by atoms with Crippen LogP contribution in [0.4, 0.5) is 0 Å². The van der Waals surface area contributed by atoms with E-state index in [0.717, 1.165) is 18.8 Å². The van der Waals surface area contributed by atoms with Gasteiger partial charge in [-0.1, -0.05) is 38.5 Å². The smallest absolute Gasteiger partial charge is 0.341 e. The van der Waals surface area contributed by atoms with Gasteiger partial charge in [0.15, 0.2) is 5.60 Å². The first-order valence-corrected chi connectivity index (χ1v) is 7.47. The molecular weight excluding hydrogens is 228 g/mol. The molecular formula is C15H26O3. The van der Waals surface area contributed by atoms with Crippen LogP contribution in [0.2, 0.25) is 0 Å². The molecule has 2 rings (SSSR count). The van der Waals surface area contributed by atoms with Crippen LogP contribution in [0, 0.1) is 5.92 Å². The number of ether oxygens (including phenoxy) is 2. The van der Waals surface area contributed by atoms with Crippen LogP contribution in [0.5, 0.6) is 0 Å². The molecule has 1 saturated carbocycles. The largest absolute Gasteiger partial charge is 0.461 e. The number of hydrogen-bond donors (Lipinski definition) is 0. The van der Waals surface area contributed by atoms with Gasteiger partial charge in [-0.05, 0) is 32.6 Å². The number of epoxide rings is 1. The fourth-order valence-corrected chi connectivity index (χ4v) is 2.92. The van der Waals surface area contributed by atoms with Crippen molar-refractivity contribution in [1.29, 1.82) is 0 Å². The highest BCUT2D eigenvalue weighted by molar-refractivity contribution is 5.82. The summed E-state index contributed by atoms with van der Waals surface area (Å²) in [5.41, 5.74) is -0.569.